The number of thioether (sulfide) groups is 1. The van der Waals surface area contributed by atoms with Crippen LogP contribution in [-0.2, 0) is 9.59 Å². The third-order valence-electron chi connectivity index (χ3n) is 2.62. The summed E-state index contributed by atoms with van der Waals surface area (Å²) in [6.07, 6.45) is 3.40. The van der Waals surface area contributed by atoms with Crippen LogP contribution in [-0.4, -0.2) is 27.6 Å². The highest BCUT2D eigenvalue weighted by Crippen LogP contribution is 2.32. The van der Waals surface area contributed by atoms with Crippen LogP contribution in [0, 0.1) is 0 Å². The van der Waals surface area contributed by atoms with Gasteiger partial charge in [0.05, 0.1) is 4.91 Å². The average molecular weight is 319 g/mol. The third kappa shape index (κ3) is 3.80. The molecule has 1 amide bonds. The Bertz CT molecular complexity index is 635. The zero-order chi connectivity index (χ0) is 15.4. The lowest BCUT2D eigenvalue weighted by Gasteiger charge is -2.10. The normalized spacial score (nSPS) is 16.4. The van der Waals surface area contributed by atoms with Gasteiger partial charge in [0.1, 0.15) is 10.1 Å². The third-order valence-corrected chi connectivity index (χ3v) is 4.00. The van der Waals surface area contributed by atoms with Crippen molar-refractivity contribution in [2.75, 3.05) is 6.54 Å². The Morgan fingerprint density at radius 2 is 2.10 bits per heavy atom. The van der Waals surface area contributed by atoms with Gasteiger partial charge in [0, 0.05) is 13.5 Å². The molecule has 108 valence electrons. The Morgan fingerprint density at radius 3 is 2.67 bits per heavy atom. The van der Waals surface area contributed by atoms with E-state index < -0.39 is 0 Å². The molecule has 2 rings (SSSR count). The molecule has 21 heavy (non-hydrogen) atoms. The molecule has 1 aromatic rings. The monoisotopic (exact) mass is 319 g/mol. The van der Waals surface area contributed by atoms with Crippen molar-refractivity contribution in [3.05, 3.63) is 47.4 Å². The van der Waals surface area contributed by atoms with Crippen LogP contribution < -0.4 is 4.74 Å². The highest BCUT2D eigenvalue weighted by atomic mass is 32.2. The highest BCUT2D eigenvalue weighted by Gasteiger charge is 2.30. The number of ether oxygens (including phenoxy) is 1. The second-order valence-electron chi connectivity index (χ2n) is 4.24. The summed E-state index contributed by atoms with van der Waals surface area (Å²) in [6.45, 7) is 5.37. The Balaban J connectivity index is 2.16. The maximum Gasteiger partial charge on any atom is 0.308 e. The van der Waals surface area contributed by atoms with Gasteiger partial charge in [-0.25, -0.2) is 0 Å². The van der Waals surface area contributed by atoms with Crippen molar-refractivity contribution in [1.29, 1.82) is 0 Å². The van der Waals surface area contributed by atoms with E-state index in [2.05, 4.69) is 6.58 Å². The number of nitrogens with zero attached hydrogens (tertiary/aromatic N) is 1. The molecule has 0 aromatic heterocycles. The maximum absolute atomic E-state index is 12.2. The Morgan fingerprint density at radius 1 is 1.43 bits per heavy atom. The Hall–Kier alpha value is -1.92. The van der Waals surface area contributed by atoms with Gasteiger partial charge < -0.3 is 4.74 Å². The van der Waals surface area contributed by atoms with Crippen molar-refractivity contribution in [2.24, 2.45) is 0 Å². The molecular weight excluding hydrogens is 306 g/mol. The van der Waals surface area contributed by atoms with Crippen molar-refractivity contribution >= 4 is 46.3 Å². The first-order chi connectivity index (χ1) is 10.0. The van der Waals surface area contributed by atoms with E-state index >= 15 is 0 Å². The fourth-order valence-corrected chi connectivity index (χ4v) is 3.01. The summed E-state index contributed by atoms with van der Waals surface area (Å²) in [4.78, 5) is 25.1. The zero-order valence-electron chi connectivity index (χ0n) is 11.4. The van der Waals surface area contributed by atoms with Gasteiger partial charge in [-0.3, -0.25) is 14.5 Å². The number of hydrogen-bond donors (Lipinski definition) is 0. The number of esters is 1. The van der Waals surface area contributed by atoms with Crippen molar-refractivity contribution < 1.29 is 14.3 Å². The van der Waals surface area contributed by atoms with Gasteiger partial charge in [0.15, 0.2) is 0 Å². The van der Waals surface area contributed by atoms with E-state index in [0.717, 1.165) is 5.56 Å². The molecule has 1 saturated heterocycles. The summed E-state index contributed by atoms with van der Waals surface area (Å²) in [5.74, 6) is -0.0131. The molecule has 1 heterocycles. The van der Waals surface area contributed by atoms with Crippen molar-refractivity contribution in [3.8, 4) is 5.75 Å². The summed E-state index contributed by atoms with van der Waals surface area (Å²) in [6, 6.07) is 6.91. The van der Waals surface area contributed by atoms with Crippen LogP contribution in [0.3, 0.4) is 0 Å². The fraction of sp³-hybridized carbons (Fsp3) is 0.133. The molecule has 0 N–H and O–H groups in total. The molecule has 6 heteroatoms. The van der Waals surface area contributed by atoms with Gasteiger partial charge in [-0.2, -0.15) is 0 Å². The number of thiocarbonyl (C=S) groups is 1. The zero-order valence-corrected chi connectivity index (χ0v) is 13.0. The molecule has 1 fully saturated rings. The van der Waals surface area contributed by atoms with Crippen LogP contribution in [0.15, 0.2) is 41.8 Å². The smallest absolute Gasteiger partial charge is 0.308 e. The Labute approximate surface area is 132 Å². The molecule has 0 unspecified atom stereocenters. The fourth-order valence-electron chi connectivity index (χ4n) is 1.74. The number of rotatable bonds is 4. The van der Waals surface area contributed by atoms with Crippen LogP contribution in [0.1, 0.15) is 12.5 Å². The lowest BCUT2D eigenvalue weighted by molar-refractivity contribution is -0.131. The molecule has 1 aliphatic heterocycles. The Kier molecular flexibility index (Phi) is 4.93. The van der Waals surface area contributed by atoms with E-state index in [4.69, 9.17) is 17.0 Å². The second-order valence-corrected chi connectivity index (χ2v) is 5.92. The summed E-state index contributed by atoms with van der Waals surface area (Å²) < 4.78 is 5.48. The second kappa shape index (κ2) is 6.69. The van der Waals surface area contributed by atoms with Gasteiger partial charge >= 0.3 is 5.97 Å². The van der Waals surface area contributed by atoms with Gasteiger partial charge in [-0.15, -0.1) is 6.58 Å². The molecule has 1 aliphatic rings. The van der Waals surface area contributed by atoms with Crippen LogP contribution in [0.25, 0.3) is 6.08 Å². The van der Waals surface area contributed by atoms with Crippen LogP contribution in [0.2, 0.25) is 0 Å². The van der Waals surface area contributed by atoms with E-state index in [1.807, 2.05) is 0 Å². The molecule has 0 aliphatic carbocycles. The van der Waals surface area contributed by atoms with Crippen LogP contribution in [0.4, 0.5) is 0 Å². The summed E-state index contributed by atoms with van der Waals surface area (Å²) >= 11 is 6.43. The number of carbonyl (C=O) groups excluding carboxylic acids is 2. The maximum atomic E-state index is 12.2. The van der Waals surface area contributed by atoms with E-state index in [0.29, 0.717) is 21.5 Å². The predicted molar refractivity (Wildman–Crippen MR) is 87.8 cm³/mol. The SMILES string of the molecule is C=CCN1C(=O)/C(=C/c2ccc(OC(C)=O)cc2)SC1=S. The summed E-state index contributed by atoms with van der Waals surface area (Å²) in [5.41, 5.74) is 0.838. The lowest BCUT2D eigenvalue weighted by atomic mass is 10.2. The molecule has 1 aromatic carbocycles. The molecule has 0 spiro atoms. The topological polar surface area (TPSA) is 46.6 Å². The van der Waals surface area contributed by atoms with E-state index in [-0.39, 0.29) is 11.9 Å². The number of hydrogen-bond acceptors (Lipinski definition) is 5. The minimum absolute atomic E-state index is 0.117. The molecule has 4 nitrogen and oxygen atoms in total. The number of amides is 1. The molecule has 0 saturated carbocycles. The van der Waals surface area contributed by atoms with Crippen LogP contribution >= 0.6 is 24.0 Å². The number of benzene rings is 1. The first kappa shape index (κ1) is 15.5. The quantitative estimate of drug-likeness (QED) is 0.281. The molecular formula is C15H13NO3S2. The average Bonchev–Trinajstić information content (AvgIpc) is 2.69. The van der Waals surface area contributed by atoms with E-state index in [9.17, 15) is 9.59 Å². The molecule has 0 atom stereocenters. The minimum atomic E-state index is -0.368. The first-order valence-corrected chi connectivity index (χ1v) is 7.38. The summed E-state index contributed by atoms with van der Waals surface area (Å²) in [7, 11) is 0. The summed E-state index contributed by atoms with van der Waals surface area (Å²) in [5, 5.41) is 0. The lowest BCUT2D eigenvalue weighted by Crippen LogP contribution is -2.27. The molecule has 0 bridgehead atoms. The highest BCUT2D eigenvalue weighted by molar-refractivity contribution is 8.26. The van der Waals surface area contributed by atoms with Gasteiger partial charge in [-0.05, 0) is 23.8 Å². The predicted octanol–water partition coefficient (Wildman–Crippen LogP) is 3.00. The van der Waals surface area contributed by atoms with Crippen molar-refractivity contribution in [2.45, 2.75) is 6.92 Å². The van der Waals surface area contributed by atoms with E-state index in [1.165, 1.54) is 23.6 Å². The minimum Gasteiger partial charge on any atom is -0.427 e. The van der Waals surface area contributed by atoms with Crippen molar-refractivity contribution in [3.63, 3.8) is 0 Å². The standard InChI is InChI=1S/C15H13NO3S2/c1-3-8-16-14(18)13(21-15(16)20)9-11-4-6-12(7-5-11)19-10(2)17/h3-7,9H,1,8H2,2H3/b13-9-. The van der Waals surface area contributed by atoms with Crippen LogP contribution in [0.5, 0.6) is 5.75 Å². The van der Waals surface area contributed by atoms with E-state index in [1.54, 1.807) is 36.4 Å². The van der Waals surface area contributed by atoms with Gasteiger partial charge in [0.25, 0.3) is 5.91 Å². The molecule has 0 radical (unpaired) electrons. The number of carbonyl (C=O) groups is 2. The van der Waals surface area contributed by atoms with Gasteiger partial charge in [-0.1, -0.05) is 42.2 Å². The first-order valence-electron chi connectivity index (χ1n) is 6.16. The van der Waals surface area contributed by atoms with Crippen molar-refractivity contribution in [1.82, 2.24) is 4.90 Å². The van der Waals surface area contributed by atoms with Gasteiger partial charge in [0.2, 0.25) is 0 Å². The largest absolute Gasteiger partial charge is 0.427 e.